The Kier molecular flexibility index (Phi) is 6.17. The van der Waals surface area contributed by atoms with Gasteiger partial charge in [-0.05, 0) is 61.6 Å². The van der Waals surface area contributed by atoms with Crippen LogP contribution in [-0.4, -0.2) is 47.6 Å². The number of nitrogens with zero attached hydrogens (tertiary/aromatic N) is 4. The molecule has 1 aliphatic carbocycles. The van der Waals surface area contributed by atoms with E-state index in [-0.39, 0.29) is 0 Å². The van der Waals surface area contributed by atoms with Gasteiger partial charge in [-0.2, -0.15) is 0 Å². The first kappa shape index (κ1) is 20.4. The third kappa shape index (κ3) is 4.74. The molecule has 0 amide bonds. The molecule has 1 saturated carbocycles. The molecule has 1 aromatic heterocycles. The Morgan fingerprint density at radius 3 is 2.48 bits per heavy atom. The highest BCUT2D eigenvalue weighted by Gasteiger charge is 2.25. The molecular formula is C27H34N4. The summed E-state index contributed by atoms with van der Waals surface area (Å²) in [5.41, 5.74) is 2.17. The number of hydrogen-bond donors (Lipinski definition) is 0. The summed E-state index contributed by atoms with van der Waals surface area (Å²) < 4.78 is 0. The normalized spacial score (nSPS) is 18.7. The zero-order valence-corrected chi connectivity index (χ0v) is 18.7. The Labute approximate surface area is 186 Å². The van der Waals surface area contributed by atoms with Crippen molar-refractivity contribution >= 4 is 16.7 Å². The lowest BCUT2D eigenvalue weighted by molar-refractivity contribution is 0.156. The Hall–Kier alpha value is -2.46. The molecule has 2 aromatic carbocycles. The van der Waals surface area contributed by atoms with E-state index in [0.29, 0.717) is 0 Å². The number of benzene rings is 2. The van der Waals surface area contributed by atoms with E-state index >= 15 is 0 Å². The van der Waals surface area contributed by atoms with Gasteiger partial charge >= 0.3 is 0 Å². The second kappa shape index (κ2) is 9.35. The molecule has 0 radical (unpaired) electrons. The molecule has 0 N–H and O–H groups in total. The molecule has 2 fully saturated rings. The van der Waals surface area contributed by atoms with Crippen molar-refractivity contribution in [3.8, 4) is 11.3 Å². The van der Waals surface area contributed by atoms with Crippen LogP contribution in [0.5, 0.6) is 0 Å². The maximum atomic E-state index is 4.94. The number of piperidine rings is 1. The van der Waals surface area contributed by atoms with Gasteiger partial charge in [-0.15, -0.1) is 0 Å². The van der Waals surface area contributed by atoms with Crippen LogP contribution in [0.25, 0.3) is 22.0 Å². The van der Waals surface area contributed by atoms with Crippen LogP contribution in [0.3, 0.4) is 0 Å². The third-order valence-corrected chi connectivity index (χ3v) is 7.33. The van der Waals surface area contributed by atoms with Gasteiger partial charge < -0.3 is 9.80 Å². The van der Waals surface area contributed by atoms with Crippen LogP contribution in [0, 0.1) is 5.92 Å². The Bertz CT molecular complexity index is 1000. The number of fused-ring (bicyclic) bond motifs is 1. The van der Waals surface area contributed by atoms with Crippen LogP contribution in [0.15, 0.2) is 54.7 Å². The van der Waals surface area contributed by atoms with Gasteiger partial charge in [0.25, 0.3) is 0 Å². The summed E-state index contributed by atoms with van der Waals surface area (Å²) in [6.07, 6.45) is 11.4. The molecule has 2 heterocycles. The monoisotopic (exact) mass is 414 g/mol. The third-order valence-electron chi connectivity index (χ3n) is 7.33. The maximum Gasteiger partial charge on any atom is 0.225 e. The second-order valence-electron chi connectivity index (χ2n) is 9.47. The molecule has 5 rings (SSSR count). The van der Waals surface area contributed by atoms with Gasteiger partial charge in [0.1, 0.15) is 0 Å². The van der Waals surface area contributed by atoms with Crippen molar-refractivity contribution in [3.05, 3.63) is 54.7 Å². The molecule has 162 valence electrons. The molecule has 1 aliphatic heterocycles. The fraction of sp³-hybridized carbons (Fsp3) is 0.481. The van der Waals surface area contributed by atoms with Crippen molar-refractivity contribution < 1.29 is 0 Å². The molecule has 0 unspecified atom stereocenters. The van der Waals surface area contributed by atoms with Crippen LogP contribution < -0.4 is 4.90 Å². The lowest BCUT2D eigenvalue weighted by Crippen LogP contribution is -2.42. The molecule has 0 bridgehead atoms. The molecule has 3 aromatic rings. The van der Waals surface area contributed by atoms with Gasteiger partial charge in [-0.3, -0.25) is 0 Å². The van der Waals surface area contributed by atoms with Crippen molar-refractivity contribution in [2.24, 2.45) is 5.92 Å². The smallest absolute Gasteiger partial charge is 0.225 e. The lowest BCUT2D eigenvalue weighted by Gasteiger charge is -2.37. The van der Waals surface area contributed by atoms with E-state index in [1.54, 1.807) is 0 Å². The number of anilines is 1. The molecule has 4 nitrogen and oxygen atoms in total. The minimum absolute atomic E-state index is 0.798. The summed E-state index contributed by atoms with van der Waals surface area (Å²) in [5, 5.41) is 2.52. The van der Waals surface area contributed by atoms with Crippen molar-refractivity contribution in [3.63, 3.8) is 0 Å². The Morgan fingerprint density at radius 1 is 0.903 bits per heavy atom. The van der Waals surface area contributed by atoms with Gasteiger partial charge in [0.15, 0.2) is 0 Å². The van der Waals surface area contributed by atoms with Gasteiger partial charge in [-0.1, -0.05) is 55.7 Å². The number of aromatic nitrogens is 2. The molecule has 4 heteroatoms. The quantitative estimate of drug-likeness (QED) is 0.530. The van der Waals surface area contributed by atoms with Crippen LogP contribution >= 0.6 is 0 Å². The van der Waals surface area contributed by atoms with E-state index < -0.39 is 0 Å². The van der Waals surface area contributed by atoms with Gasteiger partial charge in [0, 0.05) is 37.4 Å². The van der Waals surface area contributed by atoms with E-state index in [9.17, 15) is 0 Å². The lowest BCUT2D eigenvalue weighted by atomic mass is 9.91. The van der Waals surface area contributed by atoms with Crippen LogP contribution in [-0.2, 0) is 0 Å². The Balaban J connectivity index is 1.22. The van der Waals surface area contributed by atoms with Crippen molar-refractivity contribution in [1.82, 2.24) is 14.9 Å². The second-order valence-corrected chi connectivity index (χ2v) is 9.47. The van der Waals surface area contributed by atoms with Gasteiger partial charge in [0.05, 0.1) is 5.69 Å². The van der Waals surface area contributed by atoms with Gasteiger partial charge in [0.2, 0.25) is 5.95 Å². The molecule has 2 aliphatic rings. The van der Waals surface area contributed by atoms with E-state index in [4.69, 9.17) is 4.98 Å². The zero-order chi connectivity index (χ0) is 21.0. The SMILES string of the molecule is CN(CC1CCN(c2nccc(-c3ccc4ccccc4c3)n2)CC1)C1CCCCC1. The fourth-order valence-corrected chi connectivity index (χ4v) is 5.40. The topological polar surface area (TPSA) is 32.3 Å². The zero-order valence-electron chi connectivity index (χ0n) is 18.7. The van der Waals surface area contributed by atoms with Crippen LogP contribution in [0.2, 0.25) is 0 Å². The maximum absolute atomic E-state index is 4.94. The number of rotatable bonds is 5. The molecule has 31 heavy (non-hydrogen) atoms. The highest BCUT2D eigenvalue weighted by Crippen LogP contribution is 2.28. The van der Waals surface area contributed by atoms with Crippen LogP contribution in [0.4, 0.5) is 5.95 Å². The molecule has 1 saturated heterocycles. The minimum Gasteiger partial charge on any atom is -0.341 e. The molecular weight excluding hydrogens is 380 g/mol. The van der Waals surface area contributed by atoms with E-state index in [0.717, 1.165) is 42.3 Å². The van der Waals surface area contributed by atoms with Crippen molar-refractivity contribution in [1.29, 1.82) is 0 Å². The highest BCUT2D eigenvalue weighted by atomic mass is 15.3. The Morgan fingerprint density at radius 2 is 1.68 bits per heavy atom. The van der Waals surface area contributed by atoms with Crippen molar-refractivity contribution in [2.75, 3.05) is 31.6 Å². The first-order chi connectivity index (χ1) is 15.3. The summed E-state index contributed by atoms with van der Waals surface area (Å²) in [6.45, 7) is 3.37. The van der Waals surface area contributed by atoms with E-state index in [1.165, 1.54) is 62.3 Å². The van der Waals surface area contributed by atoms with Crippen molar-refractivity contribution in [2.45, 2.75) is 51.0 Å². The summed E-state index contributed by atoms with van der Waals surface area (Å²) >= 11 is 0. The predicted octanol–water partition coefficient (Wildman–Crippen LogP) is 5.78. The minimum atomic E-state index is 0.798. The van der Waals surface area contributed by atoms with E-state index in [2.05, 4.69) is 64.3 Å². The molecule has 0 atom stereocenters. The number of hydrogen-bond acceptors (Lipinski definition) is 4. The van der Waals surface area contributed by atoms with Gasteiger partial charge in [-0.25, -0.2) is 9.97 Å². The predicted molar refractivity (Wildman–Crippen MR) is 129 cm³/mol. The largest absolute Gasteiger partial charge is 0.341 e. The molecule has 0 spiro atoms. The average molecular weight is 415 g/mol. The summed E-state index contributed by atoms with van der Waals surface area (Å²) in [7, 11) is 2.35. The highest BCUT2D eigenvalue weighted by molar-refractivity contribution is 5.86. The summed E-state index contributed by atoms with van der Waals surface area (Å²) in [5.74, 6) is 1.68. The van der Waals surface area contributed by atoms with E-state index in [1.807, 2.05) is 12.3 Å². The first-order valence-corrected chi connectivity index (χ1v) is 12.0. The fourth-order valence-electron chi connectivity index (χ4n) is 5.40. The summed E-state index contributed by atoms with van der Waals surface area (Å²) in [4.78, 5) is 14.6. The first-order valence-electron chi connectivity index (χ1n) is 12.0. The van der Waals surface area contributed by atoms with Crippen LogP contribution in [0.1, 0.15) is 44.9 Å². The standard InChI is InChI=1S/C27H34N4/c1-30(25-9-3-2-4-10-25)20-21-14-17-31(18-15-21)27-28-16-13-26(29-27)24-12-11-22-7-5-6-8-23(22)19-24/h5-8,11-13,16,19,21,25H,2-4,9-10,14-15,17-18,20H2,1H3. The summed E-state index contributed by atoms with van der Waals surface area (Å²) in [6, 6.07) is 17.9. The average Bonchev–Trinajstić information content (AvgIpc) is 2.85.